The van der Waals surface area contributed by atoms with Crippen molar-refractivity contribution in [3.8, 4) is 21.1 Å². The Morgan fingerprint density at radius 1 is 1.00 bits per heavy atom. The molecule has 2 N–H and O–H groups in total. The van der Waals surface area contributed by atoms with Crippen LogP contribution in [0.5, 0.6) is 0 Å². The fraction of sp³-hybridized carbons (Fsp3) is 0. The van der Waals surface area contributed by atoms with E-state index in [0.29, 0.717) is 0 Å². The molecule has 0 aliphatic carbocycles. The lowest BCUT2D eigenvalue weighted by atomic mass is 10.2. The van der Waals surface area contributed by atoms with Crippen molar-refractivity contribution in [2.45, 2.75) is 0 Å². The maximum Gasteiger partial charge on any atom is 0.126 e. The Labute approximate surface area is 107 Å². The highest BCUT2D eigenvalue weighted by Crippen LogP contribution is 2.33. The first kappa shape index (κ1) is 10.5. The van der Waals surface area contributed by atoms with Crippen molar-refractivity contribution >= 4 is 28.4 Å². The summed E-state index contributed by atoms with van der Waals surface area (Å²) in [6.45, 7) is 0. The Hall–Kier alpha value is -1.65. The Morgan fingerprint density at radius 3 is 2.65 bits per heavy atom. The SMILES string of the molecule is Nc1ccccc1-c1nc(-c2cccs2)cs1. The molecule has 0 aliphatic heterocycles. The lowest BCUT2D eigenvalue weighted by Crippen LogP contribution is -1.88. The van der Waals surface area contributed by atoms with Gasteiger partial charge in [0.15, 0.2) is 0 Å². The van der Waals surface area contributed by atoms with Gasteiger partial charge in [-0.3, -0.25) is 0 Å². The van der Waals surface area contributed by atoms with Gasteiger partial charge in [0.05, 0.1) is 10.6 Å². The van der Waals surface area contributed by atoms with Crippen LogP contribution < -0.4 is 5.73 Å². The second-order valence-electron chi connectivity index (χ2n) is 3.60. The third-order valence-corrected chi connectivity index (χ3v) is 4.24. The summed E-state index contributed by atoms with van der Waals surface area (Å²) < 4.78 is 0. The van der Waals surface area contributed by atoms with E-state index in [9.17, 15) is 0 Å². The first-order valence-electron chi connectivity index (χ1n) is 5.19. The van der Waals surface area contributed by atoms with E-state index in [-0.39, 0.29) is 0 Å². The third kappa shape index (κ3) is 1.97. The van der Waals surface area contributed by atoms with Gasteiger partial charge in [-0.2, -0.15) is 0 Å². The molecule has 0 radical (unpaired) electrons. The number of aromatic nitrogens is 1. The number of para-hydroxylation sites is 1. The molecule has 0 fully saturated rings. The van der Waals surface area contributed by atoms with Gasteiger partial charge in [-0.15, -0.1) is 22.7 Å². The number of anilines is 1. The summed E-state index contributed by atoms with van der Waals surface area (Å²) in [5.74, 6) is 0. The topological polar surface area (TPSA) is 38.9 Å². The average molecular weight is 258 g/mol. The molecule has 1 aromatic carbocycles. The van der Waals surface area contributed by atoms with Crippen LogP contribution in [0.4, 0.5) is 5.69 Å². The number of hydrogen-bond acceptors (Lipinski definition) is 4. The first-order valence-corrected chi connectivity index (χ1v) is 6.95. The standard InChI is InChI=1S/C13H10N2S2/c14-10-5-2-1-4-9(10)13-15-11(8-17-13)12-6-3-7-16-12/h1-8H,14H2. The van der Waals surface area contributed by atoms with Crippen molar-refractivity contribution in [2.75, 3.05) is 5.73 Å². The number of thiazole rings is 1. The molecule has 2 aromatic heterocycles. The fourth-order valence-electron chi connectivity index (χ4n) is 1.63. The zero-order chi connectivity index (χ0) is 11.7. The number of hydrogen-bond donors (Lipinski definition) is 1. The second-order valence-corrected chi connectivity index (χ2v) is 5.41. The number of nitrogens with zero attached hydrogens (tertiary/aromatic N) is 1. The van der Waals surface area contributed by atoms with Crippen LogP contribution in [0.15, 0.2) is 47.2 Å². The Balaban J connectivity index is 2.04. The van der Waals surface area contributed by atoms with E-state index in [1.54, 1.807) is 22.7 Å². The van der Waals surface area contributed by atoms with Crippen LogP contribution in [0.25, 0.3) is 21.1 Å². The highest BCUT2D eigenvalue weighted by Gasteiger charge is 2.08. The number of nitrogens with two attached hydrogens (primary N) is 1. The minimum atomic E-state index is 0.777. The van der Waals surface area contributed by atoms with E-state index in [0.717, 1.165) is 22.0 Å². The summed E-state index contributed by atoms with van der Waals surface area (Å²) in [5, 5.41) is 5.12. The highest BCUT2D eigenvalue weighted by atomic mass is 32.1. The monoisotopic (exact) mass is 258 g/mol. The Morgan fingerprint density at radius 2 is 1.88 bits per heavy atom. The maximum absolute atomic E-state index is 5.95. The summed E-state index contributed by atoms with van der Waals surface area (Å²) in [7, 11) is 0. The Bertz CT molecular complexity index is 626. The number of benzene rings is 1. The molecule has 0 unspecified atom stereocenters. The predicted molar refractivity (Wildman–Crippen MR) is 75.3 cm³/mol. The van der Waals surface area contributed by atoms with Crippen molar-refractivity contribution in [1.82, 2.24) is 4.98 Å². The minimum absolute atomic E-state index is 0.777. The second kappa shape index (κ2) is 4.31. The van der Waals surface area contributed by atoms with Crippen molar-refractivity contribution in [3.05, 3.63) is 47.2 Å². The molecule has 17 heavy (non-hydrogen) atoms. The van der Waals surface area contributed by atoms with Crippen LogP contribution in [0, 0.1) is 0 Å². The van der Waals surface area contributed by atoms with E-state index >= 15 is 0 Å². The lowest BCUT2D eigenvalue weighted by Gasteiger charge is -1.99. The van der Waals surface area contributed by atoms with Gasteiger partial charge in [-0.05, 0) is 23.6 Å². The highest BCUT2D eigenvalue weighted by molar-refractivity contribution is 7.15. The maximum atomic E-state index is 5.95. The number of nitrogen functional groups attached to an aromatic ring is 1. The van der Waals surface area contributed by atoms with Crippen molar-refractivity contribution in [2.24, 2.45) is 0 Å². The van der Waals surface area contributed by atoms with Gasteiger partial charge in [0, 0.05) is 16.6 Å². The van der Waals surface area contributed by atoms with Gasteiger partial charge in [-0.1, -0.05) is 18.2 Å². The molecule has 2 heterocycles. The van der Waals surface area contributed by atoms with E-state index in [4.69, 9.17) is 5.73 Å². The summed E-state index contributed by atoms with van der Waals surface area (Å²) in [5.41, 5.74) is 8.77. The molecule has 0 atom stereocenters. The van der Waals surface area contributed by atoms with E-state index < -0.39 is 0 Å². The Kier molecular flexibility index (Phi) is 2.66. The first-order chi connectivity index (χ1) is 8.34. The quantitative estimate of drug-likeness (QED) is 0.702. The van der Waals surface area contributed by atoms with Gasteiger partial charge >= 0.3 is 0 Å². The van der Waals surface area contributed by atoms with Gasteiger partial charge in [0.2, 0.25) is 0 Å². The van der Waals surface area contributed by atoms with Crippen LogP contribution in [0.1, 0.15) is 0 Å². The van der Waals surface area contributed by atoms with Crippen molar-refractivity contribution < 1.29 is 0 Å². The number of rotatable bonds is 2. The molecule has 3 rings (SSSR count). The van der Waals surface area contributed by atoms with E-state index in [2.05, 4.69) is 21.8 Å². The summed E-state index contributed by atoms with van der Waals surface area (Å²) in [4.78, 5) is 5.83. The molecule has 0 saturated carbocycles. The molecule has 0 bridgehead atoms. The van der Waals surface area contributed by atoms with Gasteiger partial charge in [0.25, 0.3) is 0 Å². The van der Waals surface area contributed by atoms with Crippen LogP contribution in [0.2, 0.25) is 0 Å². The zero-order valence-electron chi connectivity index (χ0n) is 8.96. The summed E-state index contributed by atoms with van der Waals surface area (Å²) in [6.07, 6.45) is 0. The normalized spacial score (nSPS) is 10.6. The van der Waals surface area contributed by atoms with Crippen LogP contribution in [0.3, 0.4) is 0 Å². The fourth-order valence-corrected chi connectivity index (χ4v) is 3.25. The molecule has 0 spiro atoms. The van der Waals surface area contributed by atoms with Gasteiger partial charge in [0.1, 0.15) is 5.01 Å². The largest absolute Gasteiger partial charge is 0.398 e. The summed E-state index contributed by atoms with van der Waals surface area (Å²) >= 11 is 3.33. The van der Waals surface area contributed by atoms with Crippen LogP contribution >= 0.6 is 22.7 Å². The minimum Gasteiger partial charge on any atom is -0.398 e. The van der Waals surface area contributed by atoms with Crippen molar-refractivity contribution in [1.29, 1.82) is 0 Å². The van der Waals surface area contributed by atoms with Crippen LogP contribution in [-0.2, 0) is 0 Å². The average Bonchev–Trinajstić information content (AvgIpc) is 3.00. The molecule has 84 valence electrons. The summed E-state index contributed by atoms with van der Waals surface area (Å²) in [6, 6.07) is 12.0. The molecule has 2 nitrogen and oxygen atoms in total. The zero-order valence-corrected chi connectivity index (χ0v) is 10.6. The van der Waals surface area contributed by atoms with Gasteiger partial charge < -0.3 is 5.73 Å². The number of thiophene rings is 1. The van der Waals surface area contributed by atoms with E-state index in [1.807, 2.05) is 30.3 Å². The molecule has 0 aliphatic rings. The smallest absolute Gasteiger partial charge is 0.126 e. The molecule has 4 heteroatoms. The van der Waals surface area contributed by atoms with Crippen LogP contribution in [-0.4, -0.2) is 4.98 Å². The van der Waals surface area contributed by atoms with Gasteiger partial charge in [-0.25, -0.2) is 4.98 Å². The molecule has 0 amide bonds. The molecule has 0 saturated heterocycles. The third-order valence-electron chi connectivity index (χ3n) is 2.47. The van der Waals surface area contributed by atoms with Crippen molar-refractivity contribution in [3.63, 3.8) is 0 Å². The molecular weight excluding hydrogens is 248 g/mol. The lowest BCUT2D eigenvalue weighted by molar-refractivity contribution is 1.42. The molecular formula is C13H10N2S2. The van der Waals surface area contributed by atoms with E-state index in [1.165, 1.54) is 4.88 Å². The molecule has 3 aromatic rings. The predicted octanol–water partition coefficient (Wildman–Crippen LogP) is 4.12.